The van der Waals surface area contributed by atoms with E-state index in [1.54, 1.807) is 54.8 Å². The van der Waals surface area contributed by atoms with Crippen LogP contribution in [0.25, 0.3) is 0 Å². The first-order valence-electron chi connectivity index (χ1n) is 9.31. The fourth-order valence-corrected chi connectivity index (χ4v) is 2.64. The monoisotopic (exact) mass is 393 g/mol. The van der Waals surface area contributed by atoms with Crippen molar-refractivity contribution < 1.29 is 18.7 Å². The van der Waals surface area contributed by atoms with Gasteiger partial charge in [0.2, 0.25) is 5.91 Å². The number of amides is 2. The van der Waals surface area contributed by atoms with Crippen molar-refractivity contribution in [1.82, 2.24) is 5.32 Å². The first-order valence-corrected chi connectivity index (χ1v) is 9.31. The molecule has 3 rings (SSSR count). The van der Waals surface area contributed by atoms with Crippen LogP contribution in [0.2, 0.25) is 0 Å². The van der Waals surface area contributed by atoms with Crippen LogP contribution < -0.4 is 20.7 Å². The molecule has 150 valence electrons. The Morgan fingerprint density at radius 2 is 1.83 bits per heavy atom. The fraction of sp³-hybridized carbons (Fsp3) is 0.182. The molecule has 0 saturated heterocycles. The van der Waals surface area contributed by atoms with Gasteiger partial charge < -0.3 is 25.1 Å². The Morgan fingerprint density at radius 3 is 2.55 bits per heavy atom. The number of hydrogen-bond acceptors (Lipinski definition) is 5. The number of anilines is 2. The molecule has 0 fully saturated rings. The SMILES string of the molecule is CCOc1cccc(NC(=O)CNc2ccc(C(=O)NCc3ccco3)cc2)c1. The summed E-state index contributed by atoms with van der Waals surface area (Å²) in [6, 6.07) is 17.7. The second-order valence-corrected chi connectivity index (χ2v) is 6.20. The highest BCUT2D eigenvalue weighted by molar-refractivity contribution is 5.95. The lowest BCUT2D eigenvalue weighted by Gasteiger charge is -2.10. The highest BCUT2D eigenvalue weighted by Crippen LogP contribution is 2.17. The van der Waals surface area contributed by atoms with Gasteiger partial charge in [0.15, 0.2) is 0 Å². The van der Waals surface area contributed by atoms with Gasteiger partial charge in [0.1, 0.15) is 11.5 Å². The molecule has 0 unspecified atom stereocenters. The lowest BCUT2D eigenvalue weighted by molar-refractivity contribution is -0.114. The highest BCUT2D eigenvalue weighted by Gasteiger charge is 2.07. The molecule has 7 nitrogen and oxygen atoms in total. The first kappa shape index (κ1) is 20.0. The zero-order chi connectivity index (χ0) is 20.5. The average Bonchev–Trinajstić information content (AvgIpc) is 3.25. The Hall–Kier alpha value is -3.74. The van der Waals surface area contributed by atoms with Crippen molar-refractivity contribution in [2.75, 3.05) is 23.8 Å². The van der Waals surface area contributed by atoms with Gasteiger partial charge in [0.25, 0.3) is 5.91 Å². The summed E-state index contributed by atoms with van der Waals surface area (Å²) in [7, 11) is 0. The van der Waals surface area contributed by atoms with Crippen LogP contribution >= 0.6 is 0 Å². The summed E-state index contributed by atoms with van der Waals surface area (Å²) in [5.41, 5.74) is 1.94. The van der Waals surface area contributed by atoms with Gasteiger partial charge in [-0.05, 0) is 55.5 Å². The zero-order valence-electron chi connectivity index (χ0n) is 16.1. The maximum atomic E-state index is 12.1. The van der Waals surface area contributed by atoms with Crippen LogP contribution in [-0.4, -0.2) is 25.0 Å². The Kier molecular flexibility index (Phi) is 6.89. The van der Waals surface area contributed by atoms with Crippen molar-refractivity contribution in [2.45, 2.75) is 13.5 Å². The van der Waals surface area contributed by atoms with Crippen LogP contribution in [0.5, 0.6) is 5.75 Å². The van der Waals surface area contributed by atoms with E-state index < -0.39 is 0 Å². The Bertz CT molecular complexity index is 937. The van der Waals surface area contributed by atoms with Gasteiger partial charge in [-0.1, -0.05) is 6.07 Å². The lowest BCUT2D eigenvalue weighted by atomic mass is 10.2. The van der Waals surface area contributed by atoms with Crippen molar-refractivity contribution >= 4 is 23.2 Å². The third kappa shape index (κ3) is 6.14. The van der Waals surface area contributed by atoms with Crippen LogP contribution in [-0.2, 0) is 11.3 Å². The van der Waals surface area contributed by atoms with Crippen molar-refractivity contribution in [2.24, 2.45) is 0 Å². The number of rotatable bonds is 9. The normalized spacial score (nSPS) is 10.2. The van der Waals surface area contributed by atoms with E-state index in [0.717, 1.165) is 5.69 Å². The summed E-state index contributed by atoms with van der Waals surface area (Å²) in [4.78, 5) is 24.3. The smallest absolute Gasteiger partial charge is 0.251 e. The van der Waals surface area contributed by atoms with Gasteiger partial charge in [0, 0.05) is 23.0 Å². The van der Waals surface area contributed by atoms with Gasteiger partial charge in [-0.15, -0.1) is 0 Å². The van der Waals surface area contributed by atoms with E-state index in [4.69, 9.17) is 9.15 Å². The van der Waals surface area contributed by atoms with E-state index >= 15 is 0 Å². The molecule has 1 heterocycles. The third-order valence-corrected chi connectivity index (χ3v) is 4.03. The van der Waals surface area contributed by atoms with E-state index in [9.17, 15) is 9.59 Å². The van der Waals surface area contributed by atoms with Crippen molar-refractivity contribution in [3.8, 4) is 5.75 Å². The molecule has 0 radical (unpaired) electrons. The number of ether oxygens (including phenoxy) is 1. The second-order valence-electron chi connectivity index (χ2n) is 6.20. The summed E-state index contributed by atoms with van der Waals surface area (Å²) in [6.45, 7) is 2.90. The summed E-state index contributed by atoms with van der Waals surface area (Å²) in [5.74, 6) is 1.02. The zero-order valence-corrected chi connectivity index (χ0v) is 16.1. The summed E-state index contributed by atoms with van der Waals surface area (Å²) < 4.78 is 10.6. The molecule has 2 amide bonds. The maximum Gasteiger partial charge on any atom is 0.251 e. The molecule has 3 N–H and O–H groups in total. The fourth-order valence-electron chi connectivity index (χ4n) is 2.64. The van der Waals surface area contributed by atoms with Gasteiger partial charge in [-0.2, -0.15) is 0 Å². The average molecular weight is 393 g/mol. The highest BCUT2D eigenvalue weighted by atomic mass is 16.5. The number of nitrogens with one attached hydrogen (secondary N) is 3. The van der Waals surface area contributed by atoms with Crippen LogP contribution in [0.3, 0.4) is 0 Å². The molecule has 29 heavy (non-hydrogen) atoms. The Labute approximate surface area is 169 Å². The molecule has 0 spiro atoms. The van der Waals surface area contributed by atoms with Gasteiger partial charge >= 0.3 is 0 Å². The number of carbonyl (C=O) groups is 2. The Morgan fingerprint density at radius 1 is 1.00 bits per heavy atom. The topological polar surface area (TPSA) is 92.6 Å². The molecule has 0 bridgehead atoms. The molecule has 1 aromatic heterocycles. The van der Waals surface area contributed by atoms with Gasteiger partial charge in [-0.3, -0.25) is 9.59 Å². The Balaban J connectivity index is 1.46. The largest absolute Gasteiger partial charge is 0.494 e. The van der Waals surface area contributed by atoms with Crippen molar-refractivity contribution in [3.05, 3.63) is 78.3 Å². The van der Waals surface area contributed by atoms with E-state index in [-0.39, 0.29) is 18.4 Å². The number of carbonyl (C=O) groups excluding carboxylic acids is 2. The standard InChI is InChI=1S/C22H23N3O4/c1-2-28-19-6-3-5-18(13-19)25-21(26)15-23-17-10-8-16(9-11-17)22(27)24-14-20-7-4-12-29-20/h3-13,23H,2,14-15H2,1H3,(H,24,27)(H,25,26). The van der Waals surface area contributed by atoms with E-state index in [1.807, 2.05) is 19.1 Å². The molecule has 0 atom stereocenters. The number of hydrogen-bond donors (Lipinski definition) is 3. The molecule has 7 heteroatoms. The molecule has 0 aliphatic rings. The molecule has 0 aliphatic carbocycles. The molecular formula is C22H23N3O4. The minimum atomic E-state index is -0.195. The minimum Gasteiger partial charge on any atom is -0.494 e. The summed E-state index contributed by atoms with van der Waals surface area (Å²) in [5, 5.41) is 8.64. The van der Waals surface area contributed by atoms with Crippen LogP contribution in [0, 0.1) is 0 Å². The predicted octanol–water partition coefficient (Wildman–Crippen LogP) is 3.66. The van der Waals surface area contributed by atoms with Crippen LogP contribution in [0.4, 0.5) is 11.4 Å². The number of benzene rings is 2. The lowest BCUT2D eigenvalue weighted by Crippen LogP contribution is -2.23. The maximum absolute atomic E-state index is 12.1. The quantitative estimate of drug-likeness (QED) is 0.516. The molecule has 0 aliphatic heterocycles. The first-order chi connectivity index (χ1) is 14.1. The van der Waals surface area contributed by atoms with Crippen molar-refractivity contribution in [3.63, 3.8) is 0 Å². The van der Waals surface area contributed by atoms with Gasteiger partial charge in [0.05, 0.1) is 26.0 Å². The summed E-state index contributed by atoms with van der Waals surface area (Å²) in [6.07, 6.45) is 1.56. The molecule has 2 aromatic carbocycles. The predicted molar refractivity (Wildman–Crippen MR) is 111 cm³/mol. The minimum absolute atomic E-state index is 0.100. The van der Waals surface area contributed by atoms with E-state index in [2.05, 4.69) is 16.0 Å². The molecular weight excluding hydrogens is 370 g/mol. The van der Waals surface area contributed by atoms with Gasteiger partial charge in [-0.25, -0.2) is 0 Å². The van der Waals surface area contributed by atoms with Crippen LogP contribution in [0.1, 0.15) is 23.0 Å². The second kappa shape index (κ2) is 9.98. The molecule has 3 aromatic rings. The van der Waals surface area contributed by atoms with E-state index in [1.165, 1.54) is 0 Å². The number of furan rings is 1. The van der Waals surface area contributed by atoms with E-state index in [0.29, 0.717) is 35.9 Å². The van der Waals surface area contributed by atoms with Crippen LogP contribution in [0.15, 0.2) is 71.3 Å². The summed E-state index contributed by atoms with van der Waals surface area (Å²) >= 11 is 0. The molecule has 0 saturated carbocycles. The van der Waals surface area contributed by atoms with Crippen molar-refractivity contribution in [1.29, 1.82) is 0 Å². The third-order valence-electron chi connectivity index (χ3n) is 4.03.